The van der Waals surface area contributed by atoms with Gasteiger partial charge in [-0.1, -0.05) is 18.2 Å². The Bertz CT molecular complexity index is 917. The van der Waals surface area contributed by atoms with Gasteiger partial charge in [-0.2, -0.15) is 5.26 Å². The van der Waals surface area contributed by atoms with E-state index >= 15 is 0 Å². The molecule has 1 aliphatic rings. The molecule has 1 fully saturated rings. The summed E-state index contributed by atoms with van der Waals surface area (Å²) in [6, 6.07) is 12.2. The molecule has 0 spiro atoms. The number of carbonyl (C=O) groups is 1. The van der Waals surface area contributed by atoms with Crippen molar-refractivity contribution < 1.29 is 17.9 Å². The molecule has 8 heteroatoms. The predicted octanol–water partition coefficient (Wildman–Crippen LogP) is 2.21. The van der Waals surface area contributed by atoms with Gasteiger partial charge >= 0.3 is 0 Å². The number of hydrogen-bond acceptors (Lipinski definition) is 6. The molecule has 0 bridgehead atoms. The molecule has 26 heavy (non-hydrogen) atoms. The summed E-state index contributed by atoms with van der Waals surface area (Å²) in [6.07, 6.45) is 0.439. The van der Waals surface area contributed by atoms with E-state index in [1.54, 1.807) is 29.2 Å². The third kappa shape index (κ3) is 4.42. The highest BCUT2D eigenvalue weighted by Crippen LogP contribution is 2.23. The lowest BCUT2D eigenvalue weighted by Gasteiger charge is -2.28. The Labute approximate surface area is 156 Å². The average Bonchev–Trinajstić information content (AvgIpc) is 3.26. The molecule has 1 aliphatic heterocycles. The highest BCUT2D eigenvalue weighted by Gasteiger charge is 2.35. The predicted molar refractivity (Wildman–Crippen MR) is 98.6 cm³/mol. The molecule has 1 atom stereocenters. The number of nitrogens with zero attached hydrogens (tertiary/aromatic N) is 2. The third-order valence-corrected chi connectivity index (χ3v) is 6.85. The summed E-state index contributed by atoms with van der Waals surface area (Å²) < 4.78 is 29.2. The Morgan fingerprint density at radius 2 is 2.12 bits per heavy atom. The number of rotatable bonds is 6. The summed E-state index contributed by atoms with van der Waals surface area (Å²) in [5, 5.41) is 11.0. The molecular formula is C18H18N2O4S2. The minimum Gasteiger partial charge on any atom is -0.482 e. The van der Waals surface area contributed by atoms with Crippen LogP contribution in [0.25, 0.3) is 0 Å². The van der Waals surface area contributed by atoms with Crippen LogP contribution in [0.1, 0.15) is 16.9 Å². The minimum atomic E-state index is -3.11. The lowest BCUT2D eigenvalue weighted by molar-refractivity contribution is -0.135. The van der Waals surface area contributed by atoms with Gasteiger partial charge in [0.25, 0.3) is 5.91 Å². The summed E-state index contributed by atoms with van der Waals surface area (Å²) >= 11 is 1.52. The molecule has 2 heterocycles. The van der Waals surface area contributed by atoms with Crippen LogP contribution in [-0.2, 0) is 21.2 Å². The Morgan fingerprint density at radius 3 is 2.77 bits per heavy atom. The first-order valence-corrected chi connectivity index (χ1v) is 10.8. The molecule has 3 rings (SSSR count). The number of sulfone groups is 1. The summed E-state index contributed by atoms with van der Waals surface area (Å²) in [6.45, 7) is 0.126. The monoisotopic (exact) mass is 390 g/mol. The molecular weight excluding hydrogens is 372 g/mol. The van der Waals surface area contributed by atoms with Gasteiger partial charge < -0.3 is 9.64 Å². The number of amides is 1. The van der Waals surface area contributed by atoms with E-state index in [1.807, 2.05) is 23.6 Å². The molecule has 1 unspecified atom stereocenters. The Hall–Kier alpha value is -2.37. The molecule has 0 saturated carbocycles. The van der Waals surface area contributed by atoms with E-state index in [4.69, 9.17) is 10.00 Å². The smallest absolute Gasteiger partial charge is 0.261 e. The number of carbonyl (C=O) groups excluding carboxylic acids is 1. The molecule has 0 aliphatic carbocycles. The highest BCUT2D eigenvalue weighted by molar-refractivity contribution is 7.91. The van der Waals surface area contributed by atoms with Crippen molar-refractivity contribution in [1.82, 2.24) is 4.90 Å². The molecule has 136 valence electrons. The summed E-state index contributed by atoms with van der Waals surface area (Å²) in [4.78, 5) is 15.3. The maximum Gasteiger partial charge on any atom is 0.261 e. The fourth-order valence-electron chi connectivity index (χ4n) is 2.92. The van der Waals surface area contributed by atoms with E-state index in [1.165, 1.54) is 11.3 Å². The van der Waals surface area contributed by atoms with Crippen molar-refractivity contribution in [3.05, 3.63) is 52.2 Å². The van der Waals surface area contributed by atoms with Gasteiger partial charge in [0.1, 0.15) is 11.8 Å². The molecule has 1 aromatic carbocycles. The second kappa shape index (κ2) is 7.89. The lowest BCUT2D eigenvalue weighted by atomic mass is 10.2. The Kier molecular flexibility index (Phi) is 5.59. The maximum atomic E-state index is 12.8. The quantitative estimate of drug-likeness (QED) is 0.755. The van der Waals surface area contributed by atoms with Crippen molar-refractivity contribution in [1.29, 1.82) is 5.26 Å². The number of para-hydroxylation sites is 1. The zero-order valence-electron chi connectivity index (χ0n) is 14.0. The normalized spacial score (nSPS) is 18.2. The molecule has 1 amide bonds. The van der Waals surface area contributed by atoms with Crippen LogP contribution in [0.15, 0.2) is 41.8 Å². The zero-order chi connectivity index (χ0) is 18.6. The number of nitriles is 1. The van der Waals surface area contributed by atoms with E-state index < -0.39 is 9.84 Å². The molecule has 1 saturated heterocycles. The van der Waals surface area contributed by atoms with Gasteiger partial charge in [-0.05, 0) is 30.0 Å². The van der Waals surface area contributed by atoms with Crippen molar-refractivity contribution in [3.8, 4) is 11.8 Å². The number of ether oxygens (including phenoxy) is 1. The van der Waals surface area contributed by atoms with Crippen LogP contribution in [0, 0.1) is 11.3 Å². The van der Waals surface area contributed by atoms with Crippen LogP contribution in [0.2, 0.25) is 0 Å². The van der Waals surface area contributed by atoms with Gasteiger partial charge in [-0.3, -0.25) is 4.79 Å². The van der Waals surface area contributed by atoms with Crippen molar-refractivity contribution in [3.63, 3.8) is 0 Å². The van der Waals surface area contributed by atoms with Crippen molar-refractivity contribution in [2.75, 3.05) is 18.1 Å². The standard InChI is InChI=1S/C18H18N2O4S2/c19-10-14-4-1-2-6-17(14)24-12-18(21)20(11-16-5-3-8-25-16)15-7-9-26(22,23)13-15/h1-6,8,15H,7,9,11-13H2. The van der Waals surface area contributed by atoms with Gasteiger partial charge in [0, 0.05) is 10.9 Å². The van der Waals surface area contributed by atoms with Crippen LogP contribution in [-0.4, -0.2) is 43.4 Å². The maximum absolute atomic E-state index is 12.8. The molecule has 6 nitrogen and oxygen atoms in total. The van der Waals surface area contributed by atoms with Gasteiger partial charge in [0.05, 0.1) is 23.6 Å². The van der Waals surface area contributed by atoms with E-state index in [9.17, 15) is 13.2 Å². The van der Waals surface area contributed by atoms with E-state index in [2.05, 4.69) is 0 Å². The lowest BCUT2D eigenvalue weighted by Crippen LogP contribution is -2.42. The summed E-state index contributed by atoms with van der Waals surface area (Å²) in [7, 11) is -3.11. The zero-order valence-corrected chi connectivity index (χ0v) is 15.6. The van der Waals surface area contributed by atoms with E-state index in [0.717, 1.165) is 4.88 Å². The third-order valence-electron chi connectivity index (χ3n) is 4.23. The first-order chi connectivity index (χ1) is 12.5. The average molecular weight is 390 g/mol. The van der Waals surface area contributed by atoms with Crippen molar-refractivity contribution in [2.45, 2.75) is 19.0 Å². The summed E-state index contributed by atoms with van der Waals surface area (Å²) in [5.41, 5.74) is 0.355. The SMILES string of the molecule is N#Cc1ccccc1OCC(=O)N(Cc1cccs1)C1CCS(=O)(=O)C1. The minimum absolute atomic E-state index is 0.0150. The largest absolute Gasteiger partial charge is 0.482 e. The van der Waals surface area contributed by atoms with Crippen molar-refractivity contribution in [2.24, 2.45) is 0 Å². The van der Waals surface area contributed by atoms with Crippen LogP contribution >= 0.6 is 11.3 Å². The first kappa shape index (κ1) is 18.4. The van der Waals surface area contributed by atoms with E-state index in [-0.39, 0.29) is 30.1 Å². The Morgan fingerprint density at radius 1 is 1.31 bits per heavy atom. The molecule has 0 radical (unpaired) electrons. The van der Waals surface area contributed by atoms with Crippen molar-refractivity contribution >= 4 is 27.1 Å². The Balaban J connectivity index is 1.73. The first-order valence-electron chi connectivity index (χ1n) is 8.13. The van der Waals surface area contributed by atoms with Crippen LogP contribution < -0.4 is 4.74 Å². The van der Waals surface area contributed by atoms with Crippen LogP contribution in [0.3, 0.4) is 0 Å². The number of hydrogen-bond donors (Lipinski definition) is 0. The molecule has 1 aromatic heterocycles. The van der Waals surface area contributed by atoms with Crippen LogP contribution in [0.5, 0.6) is 5.75 Å². The highest BCUT2D eigenvalue weighted by atomic mass is 32.2. The van der Waals surface area contributed by atoms with Gasteiger partial charge in [0.15, 0.2) is 16.4 Å². The van der Waals surface area contributed by atoms with Crippen LogP contribution in [0.4, 0.5) is 0 Å². The topological polar surface area (TPSA) is 87.5 Å². The second-order valence-corrected chi connectivity index (χ2v) is 9.32. The second-order valence-electron chi connectivity index (χ2n) is 6.05. The summed E-state index contributed by atoms with van der Waals surface area (Å²) in [5.74, 6) is 0.148. The van der Waals surface area contributed by atoms with Gasteiger partial charge in [-0.15, -0.1) is 11.3 Å². The van der Waals surface area contributed by atoms with Gasteiger partial charge in [-0.25, -0.2) is 8.42 Å². The van der Waals surface area contributed by atoms with Gasteiger partial charge in [0.2, 0.25) is 0 Å². The number of benzene rings is 1. The van der Waals surface area contributed by atoms with E-state index in [0.29, 0.717) is 24.3 Å². The fourth-order valence-corrected chi connectivity index (χ4v) is 5.35. The molecule has 2 aromatic rings. The number of thiophene rings is 1. The molecule has 0 N–H and O–H groups in total. The fraction of sp³-hybridized carbons (Fsp3) is 0.333.